The molecule has 1 aliphatic heterocycles. The second kappa shape index (κ2) is 8.37. The van der Waals surface area contributed by atoms with Crippen molar-refractivity contribution in [1.29, 1.82) is 0 Å². The third-order valence-corrected chi connectivity index (χ3v) is 5.53. The Labute approximate surface area is 150 Å². The van der Waals surface area contributed by atoms with Crippen molar-refractivity contribution in [2.75, 3.05) is 25.0 Å². The molecule has 2 aliphatic rings. The van der Waals surface area contributed by atoms with Gasteiger partial charge >= 0.3 is 6.03 Å². The number of carbonyl (C=O) groups excluding carboxylic acids is 2. The Bertz CT molecular complexity index is 587. The fourth-order valence-electron chi connectivity index (χ4n) is 3.48. The molecule has 0 bridgehead atoms. The summed E-state index contributed by atoms with van der Waals surface area (Å²) < 4.78 is 0. The van der Waals surface area contributed by atoms with Crippen LogP contribution in [0, 0.1) is 18.8 Å². The SMILES string of the molecule is Cc1ccc(NC(=O)N2CCC(CCNC(=O)C3CCC3)CC2)cc1. The molecule has 136 valence electrons. The standard InChI is InChI=1S/C20H29N3O2/c1-15-5-7-18(8-6-15)22-20(25)23-13-10-16(11-14-23)9-12-21-19(24)17-3-2-4-17/h5-8,16-17H,2-4,9-14H2,1H3,(H,21,24)(H,22,25). The molecular formula is C20H29N3O2. The highest BCUT2D eigenvalue weighted by Gasteiger charge is 2.26. The molecule has 2 fully saturated rings. The van der Waals surface area contributed by atoms with Crippen molar-refractivity contribution >= 4 is 17.6 Å². The van der Waals surface area contributed by atoms with Crippen LogP contribution in [0.15, 0.2) is 24.3 Å². The van der Waals surface area contributed by atoms with E-state index < -0.39 is 0 Å². The molecule has 1 aliphatic carbocycles. The number of nitrogens with zero attached hydrogens (tertiary/aromatic N) is 1. The van der Waals surface area contributed by atoms with Gasteiger partial charge < -0.3 is 15.5 Å². The van der Waals surface area contributed by atoms with Gasteiger partial charge in [-0.1, -0.05) is 24.1 Å². The molecule has 2 N–H and O–H groups in total. The Morgan fingerprint density at radius 3 is 2.36 bits per heavy atom. The van der Waals surface area contributed by atoms with Crippen molar-refractivity contribution in [2.24, 2.45) is 11.8 Å². The molecule has 25 heavy (non-hydrogen) atoms. The molecule has 0 aromatic heterocycles. The highest BCUT2D eigenvalue weighted by Crippen LogP contribution is 2.26. The summed E-state index contributed by atoms with van der Waals surface area (Å²) >= 11 is 0. The molecule has 0 spiro atoms. The van der Waals surface area contributed by atoms with Gasteiger partial charge in [-0.2, -0.15) is 0 Å². The van der Waals surface area contributed by atoms with E-state index in [1.807, 2.05) is 36.1 Å². The second-order valence-electron chi connectivity index (χ2n) is 7.43. The molecule has 1 saturated carbocycles. The van der Waals surface area contributed by atoms with Crippen LogP contribution in [0.2, 0.25) is 0 Å². The number of benzene rings is 1. The van der Waals surface area contributed by atoms with Gasteiger partial charge in [-0.05, 0) is 57.1 Å². The number of piperidine rings is 1. The minimum Gasteiger partial charge on any atom is -0.356 e. The number of nitrogens with one attached hydrogen (secondary N) is 2. The van der Waals surface area contributed by atoms with Crippen molar-refractivity contribution < 1.29 is 9.59 Å². The normalized spacial score (nSPS) is 18.5. The van der Waals surface area contributed by atoms with Gasteiger partial charge in [-0.25, -0.2) is 4.79 Å². The number of amides is 3. The molecule has 1 heterocycles. The summed E-state index contributed by atoms with van der Waals surface area (Å²) in [6.07, 6.45) is 6.36. The van der Waals surface area contributed by atoms with Crippen LogP contribution in [0.1, 0.15) is 44.1 Å². The first-order valence-corrected chi connectivity index (χ1v) is 9.52. The first-order chi connectivity index (χ1) is 12.1. The molecule has 3 amide bonds. The molecule has 5 heteroatoms. The zero-order valence-electron chi connectivity index (χ0n) is 15.1. The summed E-state index contributed by atoms with van der Waals surface area (Å²) in [7, 11) is 0. The molecule has 3 rings (SSSR count). The minimum atomic E-state index is -0.0133. The first-order valence-electron chi connectivity index (χ1n) is 9.52. The van der Waals surface area contributed by atoms with Crippen LogP contribution in [0.25, 0.3) is 0 Å². The summed E-state index contributed by atoms with van der Waals surface area (Å²) in [5, 5.41) is 6.04. The predicted octanol–water partition coefficient (Wildman–Crippen LogP) is 3.55. The highest BCUT2D eigenvalue weighted by molar-refractivity contribution is 5.89. The fourth-order valence-corrected chi connectivity index (χ4v) is 3.48. The van der Waals surface area contributed by atoms with Crippen LogP contribution in [0.5, 0.6) is 0 Å². The van der Waals surface area contributed by atoms with Crippen molar-refractivity contribution in [3.63, 3.8) is 0 Å². The second-order valence-corrected chi connectivity index (χ2v) is 7.43. The van der Waals surface area contributed by atoms with E-state index in [2.05, 4.69) is 10.6 Å². The number of likely N-dealkylation sites (tertiary alicyclic amines) is 1. The third kappa shape index (κ3) is 4.97. The van der Waals surface area contributed by atoms with Gasteiger partial charge in [0.2, 0.25) is 5.91 Å². The van der Waals surface area contributed by atoms with Crippen LogP contribution < -0.4 is 10.6 Å². The Morgan fingerprint density at radius 2 is 1.76 bits per heavy atom. The lowest BCUT2D eigenvalue weighted by Crippen LogP contribution is -2.42. The van der Waals surface area contributed by atoms with E-state index in [4.69, 9.17) is 0 Å². The van der Waals surface area contributed by atoms with E-state index in [0.717, 1.165) is 57.4 Å². The third-order valence-electron chi connectivity index (χ3n) is 5.53. The molecule has 1 aromatic rings. The van der Waals surface area contributed by atoms with Crippen LogP contribution >= 0.6 is 0 Å². The zero-order chi connectivity index (χ0) is 17.6. The number of urea groups is 1. The van der Waals surface area contributed by atoms with Crippen LogP contribution in [-0.4, -0.2) is 36.5 Å². The number of anilines is 1. The molecule has 5 nitrogen and oxygen atoms in total. The lowest BCUT2D eigenvalue weighted by atomic mass is 9.84. The Morgan fingerprint density at radius 1 is 1.08 bits per heavy atom. The maximum atomic E-state index is 12.3. The zero-order valence-corrected chi connectivity index (χ0v) is 15.1. The van der Waals surface area contributed by atoms with Gasteiger partial charge in [-0.15, -0.1) is 0 Å². The smallest absolute Gasteiger partial charge is 0.321 e. The molecule has 0 atom stereocenters. The monoisotopic (exact) mass is 343 g/mol. The maximum Gasteiger partial charge on any atom is 0.321 e. The molecule has 1 saturated heterocycles. The van der Waals surface area contributed by atoms with Crippen LogP contribution in [0.4, 0.5) is 10.5 Å². The van der Waals surface area contributed by atoms with Gasteiger partial charge in [-0.3, -0.25) is 4.79 Å². The van der Waals surface area contributed by atoms with Gasteiger partial charge in [0.05, 0.1) is 0 Å². The predicted molar refractivity (Wildman–Crippen MR) is 99.5 cm³/mol. The van der Waals surface area contributed by atoms with E-state index in [0.29, 0.717) is 5.92 Å². The summed E-state index contributed by atoms with van der Waals surface area (Å²) in [5.41, 5.74) is 2.03. The lowest BCUT2D eigenvalue weighted by molar-refractivity contribution is -0.127. The van der Waals surface area contributed by atoms with Gasteiger partial charge in [0, 0.05) is 31.2 Å². The van der Waals surface area contributed by atoms with E-state index >= 15 is 0 Å². The Hall–Kier alpha value is -2.04. The van der Waals surface area contributed by atoms with Crippen molar-refractivity contribution in [2.45, 2.75) is 45.4 Å². The van der Waals surface area contributed by atoms with Crippen molar-refractivity contribution in [1.82, 2.24) is 10.2 Å². The number of hydrogen-bond acceptors (Lipinski definition) is 2. The molecule has 0 unspecified atom stereocenters. The lowest BCUT2D eigenvalue weighted by Gasteiger charge is -2.32. The maximum absolute atomic E-state index is 12.3. The average Bonchev–Trinajstić information content (AvgIpc) is 2.56. The molecular weight excluding hydrogens is 314 g/mol. The molecule has 1 aromatic carbocycles. The van der Waals surface area contributed by atoms with E-state index in [1.54, 1.807) is 0 Å². The van der Waals surface area contributed by atoms with Gasteiger partial charge in [0.1, 0.15) is 0 Å². The number of hydrogen-bond donors (Lipinski definition) is 2. The summed E-state index contributed by atoms with van der Waals surface area (Å²) in [6.45, 7) is 4.39. The van der Waals surface area contributed by atoms with Crippen molar-refractivity contribution in [3.05, 3.63) is 29.8 Å². The number of rotatable bonds is 5. The van der Waals surface area contributed by atoms with Crippen molar-refractivity contribution in [3.8, 4) is 0 Å². The summed E-state index contributed by atoms with van der Waals surface area (Å²) in [4.78, 5) is 26.1. The minimum absolute atomic E-state index is 0.0133. The van der Waals surface area contributed by atoms with E-state index in [9.17, 15) is 9.59 Å². The summed E-state index contributed by atoms with van der Waals surface area (Å²) in [5.74, 6) is 1.11. The van der Waals surface area contributed by atoms with Gasteiger partial charge in [0.25, 0.3) is 0 Å². The average molecular weight is 343 g/mol. The number of carbonyl (C=O) groups is 2. The quantitative estimate of drug-likeness (QED) is 0.859. The van der Waals surface area contributed by atoms with Gasteiger partial charge in [0.15, 0.2) is 0 Å². The molecule has 0 radical (unpaired) electrons. The first kappa shape index (κ1) is 17.8. The highest BCUT2D eigenvalue weighted by atomic mass is 16.2. The van der Waals surface area contributed by atoms with E-state index in [1.165, 1.54) is 12.0 Å². The largest absolute Gasteiger partial charge is 0.356 e. The van der Waals surface area contributed by atoms with Crippen LogP contribution in [-0.2, 0) is 4.79 Å². The van der Waals surface area contributed by atoms with E-state index in [-0.39, 0.29) is 17.9 Å². The van der Waals surface area contributed by atoms with Crippen LogP contribution in [0.3, 0.4) is 0 Å². The Balaban J connectivity index is 1.34. The topological polar surface area (TPSA) is 61.4 Å². The fraction of sp³-hybridized carbons (Fsp3) is 0.600. The number of aryl methyl sites for hydroxylation is 1. The Kier molecular flexibility index (Phi) is 5.95. The summed E-state index contributed by atoms with van der Waals surface area (Å²) in [6, 6.07) is 7.86.